The van der Waals surface area contributed by atoms with Gasteiger partial charge in [-0.25, -0.2) is 0 Å². The molecule has 0 spiro atoms. The summed E-state index contributed by atoms with van der Waals surface area (Å²) in [7, 11) is 0. The van der Waals surface area contributed by atoms with E-state index < -0.39 is 80.5 Å². The van der Waals surface area contributed by atoms with Crippen LogP contribution in [0.1, 0.15) is 122 Å². The monoisotopic (exact) mass is 580 g/mol. The third-order valence-electron chi connectivity index (χ3n) is 8.45. The summed E-state index contributed by atoms with van der Waals surface area (Å²) in [6.07, 6.45) is 7.32. The Morgan fingerprint density at radius 3 is 1.12 bits per heavy atom. The molecule has 10 nitrogen and oxygen atoms in total. The van der Waals surface area contributed by atoms with Gasteiger partial charge in [0.1, 0.15) is 0 Å². The van der Waals surface area contributed by atoms with Crippen LogP contribution in [0.2, 0.25) is 0 Å². The van der Waals surface area contributed by atoms with Crippen LogP contribution in [0.4, 0.5) is 0 Å². The molecule has 4 unspecified atom stereocenters. The van der Waals surface area contributed by atoms with Crippen LogP contribution >= 0.6 is 0 Å². The van der Waals surface area contributed by atoms with Gasteiger partial charge in [0.15, 0.2) is 0 Å². The highest BCUT2D eigenvalue weighted by Gasteiger charge is 2.58. The third kappa shape index (κ3) is 14.4. The molecular formula is C30H60O10. The molecule has 0 aromatic carbocycles. The van der Waals surface area contributed by atoms with Crippen molar-refractivity contribution in [2.75, 3.05) is 26.4 Å². The van der Waals surface area contributed by atoms with E-state index in [1.165, 1.54) is 51.4 Å². The molecule has 0 aliphatic rings. The molecule has 0 amide bonds. The van der Waals surface area contributed by atoms with Gasteiger partial charge in [0.25, 0.3) is 0 Å². The standard InChI is InChI=1S/C30H60O10/c1-2-3-4-5-6-7-8-9-10-11-12-13-14-15-29(16-24(35)20-31,17-25(36)21-32)30(28(39)40,18-26(37)22-33)19-27(38)23-34/h24-27,31-38H,2-23H2,1H3,(H,39,40). The summed E-state index contributed by atoms with van der Waals surface area (Å²) in [6, 6.07) is 0. The molecule has 9 N–H and O–H groups in total. The lowest BCUT2D eigenvalue weighted by Crippen LogP contribution is -2.55. The van der Waals surface area contributed by atoms with Crippen molar-refractivity contribution in [3.63, 3.8) is 0 Å². The second-order valence-electron chi connectivity index (χ2n) is 11.8. The first-order valence-electron chi connectivity index (χ1n) is 15.5. The van der Waals surface area contributed by atoms with E-state index in [0.717, 1.165) is 25.7 Å². The van der Waals surface area contributed by atoms with E-state index in [2.05, 4.69) is 6.92 Å². The number of aliphatic hydroxyl groups excluding tert-OH is 8. The molecule has 0 aliphatic carbocycles. The maximum Gasteiger partial charge on any atom is 0.310 e. The number of carbonyl (C=O) groups is 1. The van der Waals surface area contributed by atoms with Gasteiger partial charge in [-0.15, -0.1) is 0 Å². The molecule has 0 bridgehead atoms. The van der Waals surface area contributed by atoms with Gasteiger partial charge >= 0.3 is 5.97 Å². The molecule has 0 aromatic heterocycles. The molecule has 0 radical (unpaired) electrons. The van der Waals surface area contributed by atoms with E-state index in [0.29, 0.717) is 6.42 Å². The van der Waals surface area contributed by atoms with Crippen LogP contribution in [0, 0.1) is 10.8 Å². The maximum absolute atomic E-state index is 13.0. The van der Waals surface area contributed by atoms with Gasteiger partial charge in [-0.1, -0.05) is 90.4 Å². The lowest BCUT2D eigenvalue weighted by molar-refractivity contribution is -0.178. The Hall–Kier alpha value is -0.850. The molecule has 0 rings (SSSR count). The highest BCUT2D eigenvalue weighted by atomic mass is 16.4. The zero-order valence-electron chi connectivity index (χ0n) is 24.8. The smallest absolute Gasteiger partial charge is 0.310 e. The first-order valence-corrected chi connectivity index (χ1v) is 15.5. The molecular weight excluding hydrogens is 520 g/mol. The summed E-state index contributed by atoms with van der Waals surface area (Å²) >= 11 is 0. The van der Waals surface area contributed by atoms with Crippen molar-refractivity contribution < 1.29 is 50.8 Å². The quantitative estimate of drug-likeness (QED) is 0.0619. The van der Waals surface area contributed by atoms with Gasteiger partial charge < -0.3 is 46.0 Å². The predicted octanol–water partition coefficient (Wildman–Crippen LogP) is 2.50. The minimum atomic E-state index is -1.99. The molecule has 0 aliphatic heterocycles. The number of aliphatic hydroxyl groups is 8. The first-order chi connectivity index (χ1) is 19.1. The number of carboxylic acids is 1. The van der Waals surface area contributed by atoms with Gasteiger partial charge in [0, 0.05) is 0 Å². The molecule has 0 saturated heterocycles. The number of carboxylic acid groups (broad SMARTS) is 1. The van der Waals surface area contributed by atoms with Crippen LogP contribution in [-0.4, -0.2) is 103 Å². The average molecular weight is 581 g/mol. The van der Waals surface area contributed by atoms with Crippen LogP contribution < -0.4 is 0 Å². The van der Waals surface area contributed by atoms with Crippen LogP contribution in [-0.2, 0) is 4.79 Å². The summed E-state index contributed by atoms with van der Waals surface area (Å²) in [6.45, 7) is -0.621. The Bertz CT molecular complexity index is 593. The highest BCUT2D eigenvalue weighted by molar-refractivity contribution is 5.76. The van der Waals surface area contributed by atoms with E-state index in [1.54, 1.807) is 0 Å². The molecule has 240 valence electrons. The largest absolute Gasteiger partial charge is 0.481 e. The summed E-state index contributed by atoms with van der Waals surface area (Å²) in [4.78, 5) is 13.0. The van der Waals surface area contributed by atoms with Crippen LogP contribution in [0.5, 0.6) is 0 Å². The normalized spacial score (nSPS) is 18.0. The third-order valence-corrected chi connectivity index (χ3v) is 8.45. The van der Waals surface area contributed by atoms with E-state index in [4.69, 9.17) is 0 Å². The minimum absolute atomic E-state index is 0.168. The Kier molecular flexibility index (Phi) is 22.2. The molecule has 0 heterocycles. The van der Waals surface area contributed by atoms with Gasteiger partial charge in [0.2, 0.25) is 0 Å². The number of hydrogen-bond acceptors (Lipinski definition) is 9. The number of unbranched alkanes of at least 4 members (excludes halogenated alkanes) is 12. The van der Waals surface area contributed by atoms with Crippen molar-refractivity contribution in [3.8, 4) is 0 Å². The molecule has 0 saturated carbocycles. The van der Waals surface area contributed by atoms with Crippen LogP contribution in [0.3, 0.4) is 0 Å². The highest BCUT2D eigenvalue weighted by Crippen LogP contribution is 2.56. The Morgan fingerprint density at radius 2 is 0.825 bits per heavy atom. The van der Waals surface area contributed by atoms with Crippen molar-refractivity contribution in [2.24, 2.45) is 10.8 Å². The number of rotatable bonds is 28. The van der Waals surface area contributed by atoms with E-state index >= 15 is 0 Å². The topological polar surface area (TPSA) is 199 Å². The molecule has 0 fully saturated rings. The van der Waals surface area contributed by atoms with E-state index in [-0.39, 0.29) is 19.3 Å². The Balaban J connectivity index is 5.64. The lowest BCUT2D eigenvalue weighted by atomic mass is 9.52. The molecule has 40 heavy (non-hydrogen) atoms. The van der Waals surface area contributed by atoms with Crippen LogP contribution in [0.25, 0.3) is 0 Å². The fourth-order valence-corrected chi connectivity index (χ4v) is 6.28. The van der Waals surface area contributed by atoms with Gasteiger partial charge in [-0.2, -0.15) is 0 Å². The van der Waals surface area contributed by atoms with Crippen molar-refractivity contribution in [1.29, 1.82) is 0 Å². The summed E-state index contributed by atoms with van der Waals surface area (Å²) < 4.78 is 0. The minimum Gasteiger partial charge on any atom is -0.481 e. The fraction of sp³-hybridized carbons (Fsp3) is 0.967. The summed E-state index contributed by atoms with van der Waals surface area (Å²) in [5, 5.41) is 90.7. The van der Waals surface area contributed by atoms with Gasteiger partial charge in [-0.05, 0) is 37.5 Å². The number of hydrogen-bond donors (Lipinski definition) is 9. The molecule has 4 atom stereocenters. The van der Waals surface area contributed by atoms with Crippen LogP contribution in [0.15, 0.2) is 0 Å². The Morgan fingerprint density at radius 1 is 0.525 bits per heavy atom. The second-order valence-corrected chi connectivity index (χ2v) is 11.8. The SMILES string of the molecule is CCCCCCCCCCCCCCCC(CC(O)CO)(CC(O)CO)C(CC(O)CO)(CC(O)CO)C(=O)O. The van der Waals surface area contributed by atoms with Gasteiger partial charge in [-0.3, -0.25) is 4.79 Å². The predicted molar refractivity (Wildman–Crippen MR) is 154 cm³/mol. The molecule has 0 aromatic rings. The molecule has 10 heteroatoms. The zero-order valence-corrected chi connectivity index (χ0v) is 24.8. The van der Waals surface area contributed by atoms with Gasteiger partial charge in [0.05, 0.1) is 56.3 Å². The first kappa shape index (κ1) is 39.1. The lowest BCUT2D eigenvalue weighted by Gasteiger charge is -2.51. The Labute approximate surface area is 241 Å². The summed E-state index contributed by atoms with van der Waals surface area (Å²) in [5.74, 6) is -1.42. The van der Waals surface area contributed by atoms with Crippen molar-refractivity contribution in [1.82, 2.24) is 0 Å². The zero-order chi connectivity index (χ0) is 30.4. The second kappa shape index (κ2) is 22.7. The van der Waals surface area contributed by atoms with E-state index in [1.807, 2.05) is 0 Å². The summed E-state index contributed by atoms with van der Waals surface area (Å²) in [5.41, 5.74) is -3.46. The van der Waals surface area contributed by atoms with Crippen molar-refractivity contribution >= 4 is 5.97 Å². The maximum atomic E-state index is 13.0. The fourth-order valence-electron chi connectivity index (χ4n) is 6.28. The number of aliphatic carboxylic acids is 1. The van der Waals surface area contributed by atoms with Crippen molar-refractivity contribution in [2.45, 2.75) is 147 Å². The van der Waals surface area contributed by atoms with Crippen molar-refractivity contribution in [3.05, 3.63) is 0 Å². The van der Waals surface area contributed by atoms with E-state index in [9.17, 15) is 50.8 Å². The average Bonchev–Trinajstić information content (AvgIpc) is 2.94.